The number of aromatic nitrogens is 2. The molecule has 0 radical (unpaired) electrons. The number of aliphatic hydroxyl groups excluding tert-OH is 1. The molecular weight excluding hydrogens is 204 g/mol. The second-order valence-corrected chi connectivity index (χ2v) is 4.53. The fourth-order valence-corrected chi connectivity index (χ4v) is 2.16. The summed E-state index contributed by atoms with van der Waals surface area (Å²) in [4.78, 5) is 0. The predicted molar refractivity (Wildman–Crippen MR) is 61.0 cm³/mol. The van der Waals surface area contributed by atoms with Crippen molar-refractivity contribution in [2.75, 3.05) is 6.61 Å². The first-order valence-electron chi connectivity index (χ1n) is 6.04. The van der Waals surface area contributed by atoms with E-state index < -0.39 is 6.10 Å². The van der Waals surface area contributed by atoms with Crippen molar-refractivity contribution in [2.45, 2.75) is 44.3 Å². The lowest BCUT2D eigenvalue weighted by Crippen LogP contribution is -2.19. The van der Waals surface area contributed by atoms with Gasteiger partial charge >= 0.3 is 0 Å². The smallest absolute Gasteiger partial charge is 0.0821 e. The molecule has 1 aliphatic rings. The highest BCUT2D eigenvalue weighted by molar-refractivity contribution is 5.07. The van der Waals surface area contributed by atoms with Gasteiger partial charge in [-0.3, -0.25) is 4.68 Å². The third kappa shape index (κ3) is 3.06. The van der Waals surface area contributed by atoms with Crippen LogP contribution in [0.1, 0.15) is 43.8 Å². The van der Waals surface area contributed by atoms with Crippen molar-refractivity contribution >= 4 is 0 Å². The van der Waals surface area contributed by atoms with Crippen LogP contribution >= 0.6 is 0 Å². The van der Waals surface area contributed by atoms with Crippen LogP contribution in [0.2, 0.25) is 0 Å². The van der Waals surface area contributed by atoms with Gasteiger partial charge in [-0.05, 0) is 32.1 Å². The lowest BCUT2D eigenvalue weighted by molar-refractivity contribution is 0.00213. The molecule has 2 unspecified atom stereocenters. The first-order chi connectivity index (χ1) is 7.75. The second-order valence-electron chi connectivity index (χ2n) is 4.53. The van der Waals surface area contributed by atoms with Crippen LogP contribution in [-0.2, 0) is 11.8 Å². The monoisotopic (exact) mass is 224 g/mol. The van der Waals surface area contributed by atoms with Crippen LogP contribution in [0.4, 0.5) is 0 Å². The van der Waals surface area contributed by atoms with E-state index in [1.165, 1.54) is 12.8 Å². The van der Waals surface area contributed by atoms with Crippen molar-refractivity contribution in [3.63, 3.8) is 0 Å². The average molecular weight is 224 g/mol. The molecule has 0 aliphatic carbocycles. The summed E-state index contributed by atoms with van der Waals surface area (Å²) in [7, 11) is 1.86. The van der Waals surface area contributed by atoms with Gasteiger partial charge in [0.1, 0.15) is 0 Å². The minimum atomic E-state index is -0.403. The number of hydrogen-bond donors (Lipinski definition) is 1. The first kappa shape index (κ1) is 11.6. The summed E-state index contributed by atoms with van der Waals surface area (Å²) in [5.41, 5.74) is 0.901. The first-order valence-corrected chi connectivity index (χ1v) is 6.04. The van der Waals surface area contributed by atoms with Crippen LogP contribution in [0.3, 0.4) is 0 Å². The van der Waals surface area contributed by atoms with E-state index in [9.17, 15) is 5.11 Å². The Morgan fingerprint density at radius 3 is 3.12 bits per heavy atom. The van der Waals surface area contributed by atoms with E-state index in [0.717, 1.165) is 31.4 Å². The van der Waals surface area contributed by atoms with Gasteiger partial charge in [-0.2, -0.15) is 5.10 Å². The van der Waals surface area contributed by atoms with Crippen LogP contribution < -0.4 is 0 Å². The number of hydrogen-bond acceptors (Lipinski definition) is 3. The van der Waals surface area contributed by atoms with Gasteiger partial charge in [0.2, 0.25) is 0 Å². The molecule has 2 rings (SSSR count). The maximum atomic E-state index is 9.96. The lowest BCUT2D eigenvalue weighted by Gasteiger charge is -2.23. The molecule has 16 heavy (non-hydrogen) atoms. The highest BCUT2D eigenvalue weighted by Crippen LogP contribution is 2.23. The Kier molecular flexibility index (Phi) is 3.96. The Labute approximate surface area is 96.2 Å². The minimum Gasteiger partial charge on any atom is -0.388 e. The van der Waals surface area contributed by atoms with E-state index in [-0.39, 0.29) is 0 Å². The SMILES string of the molecule is Cn1cc(C(O)CCC2CCCCO2)cn1. The highest BCUT2D eigenvalue weighted by atomic mass is 16.5. The molecule has 2 atom stereocenters. The zero-order chi connectivity index (χ0) is 11.4. The van der Waals surface area contributed by atoms with Crippen molar-refractivity contribution in [1.29, 1.82) is 0 Å². The summed E-state index contributed by atoms with van der Waals surface area (Å²) in [5.74, 6) is 0. The Bertz CT molecular complexity index is 319. The molecule has 1 saturated heterocycles. The minimum absolute atomic E-state index is 0.347. The average Bonchev–Trinajstić information content (AvgIpc) is 2.74. The molecule has 4 nitrogen and oxygen atoms in total. The molecule has 0 amide bonds. The van der Waals surface area contributed by atoms with E-state index >= 15 is 0 Å². The van der Waals surface area contributed by atoms with E-state index in [0.29, 0.717) is 6.10 Å². The number of nitrogens with zero attached hydrogens (tertiary/aromatic N) is 2. The van der Waals surface area contributed by atoms with E-state index in [1.807, 2.05) is 13.2 Å². The maximum absolute atomic E-state index is 9.96. The molecule has 0 aromatic carbocycles. The van der Waals surface area contributed by atoms with E-state index in [4.69, 9.17) is 4.74 Å². The van der Waals surface area contributed by atoms with Gasteiger partial charge in [-0.15, -0.1) is 0 Å². The summed E-state index contributed by atoms with van der Waals surface area (Å²) in [6, 6.07) is 0. The molecule has 4 heteroatoms. The molecule has 1 N–H and O–H groups in total. The molecular formula is C12H20N2O2. The van der Waals surface area contributed by atoms with E-state index in [2.05, 4.69) is 5.10 Å². The largest absolute Gasteiger partial charge is 0.388 e. The summed E-state index contributed by atoms with van der Waals surface area (Å²) in [5, 5.41) is 14.0. The van der Waals surface area contributed by atoms with Gasteiger partial charge in [0.05, 0.1) is 18.4 Å². The summed E-state index contributed by atoms with van der Waals surface area (Å²) < 4.78 is 7.36. The Hall–Kier alpha value is -0.870. The zero-order valence-corrected chi connectivity index (χ0v) is 9.80. The standard InChI is InChI=1S/C12H20N2O2/c1-14-9-10(8-13-14)12(15)6-5-11-4-2-3-7-16-11/h8-9,11-12,15H,2-7H2,1H3. The van der Waals surface area contributed by atoms with Crippen molar-refractivity contribution in [1.82, 2.24) is 9.78 Å². The summed E-state index contributed by atoms with van der Waals surface area (Å²) in [6.45, 7) is 0.883. The third-order valence-corrected chi connectivity index (χ3v) is 3.15. The molecule has 2 heterocycles. The number of rotatable bonds is 4. The third-order valence-electron chi connectivity index (χ3n) is 3.15. The predicted octanol–water partition coefficient (Wildman–Crippen LogP) is 1.80. The summed E-state index contributed by atoms with van der Waals surface area (Å²) >= 11 is 0. The number of ether oxygens (including phenoxy) is 1. The molecule has 0 spiro atoms. The van der Waals surface area contributed by atoms with Crippen molar-refractivity contribution < 1.29 is 9.84 Å². The molecule has 1 aliphatic heterocycles. The fraction of sp³-hybridized carbons (Fsp3) is 0.750. The second kappa shape index (κ2) is 5.46. The van der Waals surface area contributed by atoms with Crippen molar-refractivity contribution in [2.24, 2.45) is 7.05 Å². The van der Waals surface area contributed by atoms with Crippen molar-refractivity contribution in [3.8, 4) is 0 Å². The van der Waals surface area contributed by atoms with Gasteiger partial charge < -0.3 is 9.84 Å². The van der Waals surface area contributed by atoms with Crippen molar-refractivity contribution in [3.05, 3.63) is 18.0 Å². The van der Waals surface area contributed by atoms with Crippen LogP contribution in [0, 0.1) is 0 Å². The van der Waals surface area contributed by atoms with Crippen LogP contribution in [0.25, 0.3) is 0 Å². The number of aryl methyl sites for hydroxylation is 1. The molecule has 90 valence electrons. The highest BCUT2D eigenvalue weighted by Gasteiger charge is 2.16. The Morgan fingerprint density at radius 2 is 2.50 bits per heavy atom. The molecule has 0 bridgehead atoms. The molecule has 1 aromatic rings. The van der Waals surface area contributed by atoms with E-state index in [1.54, 1.807) is 10.9 Å². The Balaban J connectivity index is 1.76. The lowest BCUT2D eigenvalue weighted by atomic mass is 10.0. The number of aliphatic hydroxyl groups is 1. The van der Waals surface area contributed by atoms with Gasteiger partial charge in [-0.1, -0.05) is 0 Å². The normalized spacial score (nSPS) is 23.2. The van der Waals surface area contributed by atoms with Crippen LogP contribution in [0.5, 0.6) is 0 Å². The van der Waals surface area contributed by atoms with Crippen LogP contribution in [-0.4, -0.2) is 27.6 Å². The summed E-state index contributed by atoms with van der Waals surface area (Å²) in [6.07, 6.45) is 8.82. The Morgan fingerprint density at radius 1 is 1.62 bits per heavy atom. The van der Waals surface area contributed by atoms with Gasteiger partial charge in [0.25, 0.3) is 0 Å². The fourth-order valence-electron chi connectivity index (χ4n) is 2.16. The quantitative estimate of drug-likeness (QED) is 0.848. The van der Waals surface area contributed by atoms with Gasteiger partial charge in [0.15, 0.2) is 0 Å². The molecule has 0 saturated carbocycles. The van der Waals surface area contributed by atoms with Gasteiger partial charge in [0, 0.05) is 25.4 Å². The van der Waals surface area contributed by atoms with Crippen LogP contribution in [0.15, 0.2) is 12.4 Å². The molecule has 1 fully saturated rings. The van der Waals surface area contributed by atoms with Gasteiger partial charge in [-0.25, -0.2) is 0 Å². The topological polar surface area (TPSA) is 47.3 Å². The molecule has 1 aromatic heterocycles. The zero-order valence-electron chi connectivity index (χ0n) is 9.80. The maximum Gasteiger partial charge on any atom is 0.0821 e.